The maximum atomic E-state index is 12.2. The number of nitrogens with two attached hydrogens (primary N) is 1. The van der Waals surface area contributed by atoms with E-state index >= 15 is 0 Å². The van der Waals surface area contributed by atoms with Crippen LogP contribution in [0.1, 0.15) is 31.9 Å². The summed E-state index contributed by atoms with van der Waals surface area (Å²) in [4.78, 5) is 13.4. The van der Waals surface area contributed by atoms with E-state index in [0.29, 0.717) is 11.6 Å². The van der Waals surface area contributed by atoms with Gasteiger partial charge in [0, 0.05) is 22.2 Å². The second-order valence-electron chi connectivity index (χ2n) is 5.43. The SMILES string of the molecule is CC(C)(CN)C(=O)NC1CCSc2ccc(Cl)cc21.Cl. The molecule has 0 saturated carbocycles. The number of fused-ring (bicyclic) bond motifs is 1. The highest BCUT2D eigenvalue weighted by atomic mass is 35.5. The Morgan fingerprint density at radius 3 is 2.90 bits per heavy atom. The highest BCUT2D eigenvalue weighted by molar-refractivity contribution is 7.99. The second kappa shape index (κ2) is 7.03. The van der Waals surface area contributed by atoms with Crippen LogP contribution in [-0.4, -0.2) is 18.2 Å². The predicted octanol–water partition coefficient (Wildman–Crippen LogP) is 3.40. The summed E-state index contributed by atoms with van der Waals surface area (Å²) in [7, 11) is 0. The molecule has 0 spiro atoms. The fraction of sp³-hybridized carbons (Fsp3) is 0.500. The zero-order valence-corrected chi connectivity index (χ0v) is 14.0. The lowest BCUT2D eigenvalue weighted by Gasteiger charge is -2.30. The van der Waals surface area contributed by atoms with Crippen molar-refractivity contribution in [3.8, 4) is 0 Å². The number of hydrogen-bond acceptors (Lipinski definition) is 3. The Bertz CT molecular complexity index is 494. The Morgan fingerprint density at radius 1 is 1.55 bits per heavy atom. The number of hydrogen-bond donors (Lipinski definition) is 2. The molecule has 1 aliphatic heterocycles. The van der Waals surface area contributed by atoms with Crippen molar-refractivity contribution in [2.45, 2.75) is 31.2 Å². The Balaban J connectivity index is 0.00000200. The molecule has 1 heterocycles. The number of carbonyl (C=O) groups is 1. The first-order valence-corrected chi connectivity index (χ1v) is 7.73. The number of nitrogens with one attached hydrogen (secondary N) is 1. The van der Waals surface area contributed by atoms with E-state index in [1.807, 2.05) is 32.0 Å². The minimum atomic E-state index is -0.538. The maximum absolute atomic E-state index is 12.2. The van der Waals surface area contributed by atoms with Gasteiger partial charge in [0.1, 0.15) is 0 Å². The predicted molar refractivity (Wildman–Crippen MR) is 87.8 cm³/mol. The third-order valence-electron chi connectivity index (χ3n) is 3.44. The lowest BCUT2D eigenvalue weighted by atomic mass is 9.91. The van der Waals surface area contributed by atoms with Crippen molar-refractivity contribution in [2.75, 3.05) is 12.3 Å². The fourth-order valence-corrected chi connectivity index (χ4v) is 3.25. The zero-order chi connectivity index (χ0) is 14.0. The van der Waals surface area contributed by atoms with Gasteiger partial charge in [0.15, 0.2) is 0 Å². The van der Waals surface area contributed by atoms with Crippen LogP contribution in [0, 0.1) is 5.41 Å². The van der Waals surface area contributed by atoms with Crippen LogP contribution in [0.15, 0.2) is 23.1 Å². The lowest BCUT2D eigenvalue weighted by Crippen LogP contribution is -2.43. The smallest absolute Gasteiger partial charge is 0.227 e. The van der Waals surface area contributed by atoms with Crippen LogP contribution < -0.4 is 11.1 Å². The van der Waals surface area contributed by atoms with Crippen molar-refractivity contribution in [3.63, 3.8) is 0 Å². The zero-order valence-electron chi connectivity index (χ0n) is 11.6. The standard InChI is InChI=1S/C14H19ClN2OS.ClH/c1-14(2,8-16)13(18)17-11-5-6-19-12-4-3-9(15)7-10(11)12;/h3-4,7,11H,5-6,8,16H2,1-2H3,(H,17,18);1H. The van der Waals surface area contributed by atoms with Gasteiger partial charge in [-0.1, -0.05) is 11.6 Å². The van der Waals surface area contributed by atoms with E-state index < -0.39 is 5.41 Å². The molecule has 0 bridgehead atoms. The molecule has 1 aromatic rings. The average Bonchev–Trinajstić information content (AvgIpc) is 2.39. The van der Waals surface area contributed by atoms with Gasteiger partial charge in [-0.25, -0.2) is 0 Å². The summed E-state index contributed by atoms with van der Waals surface area (Å²) >= 11 is 7.86. The van der Waals surface area contributed by atoms with Crippen LogP contribution in [0.25, 0.3) is 0 Å². The van der Waals surface area contributed by atoms with Gasteiger partial charge in [-0.3, -0.25) is 4.79 Å². The molecule has 1 unspecified atom stereocenters. The molecule has 20 heavy (non-hydrogen) atoms. The average molecular weight is 335 g/mol. The molecule has 0 aliphatic carbocycles. The van der Waals surface area contributed by atoms with Gasteiger partial charge in [-0.2, -0.15) is 0 Å². The maximum Gasteiger partial charge on any atom is 0.227 e. The van der Waals surface area contributed by atoms with Crippen LogP contribution in [0.3, 0.4) is 0 Å². The molecular weight excluding hydrogens is 315 g/mol. The summed E-state index contributed by atoms with van der Waals surface area (Å²) < 4.78 is 0. The van der Waals surface area contributed by atoms with Crippen LogP contribution in [0.4, 0.5) is 0 Å². The number of halogens is 2. The Morgan fingerprint density at radius 2 is 2.25 bits per heavy atom. The molecule has 2 rings (SSSR count). The Kier molecular flexibility index (Phi) is 6.20. The van der Waals surface area contributed by atoms with Gasteiger partial charge in [-0.05, 0) is 44.0 Å². The van der Waals surface area contributed by atoms with Crippen molar-refractivity contribution in [1.82, 2.24) is 5.32 Å². The van der Waals surface area contributed by atoms with E-state index in [2.05, 4.69) is 5.32 Å². The number of rotatable bonds is 3. The summed E-state index contributed by atoms with van der Waals surface area (Å²) in [5.74, 6) is 1.00. The number of benzene rings is 1. The molecule has 1 aliphatic rings. The highest BCUT2D eigenvalue weighted by Crippen LogP contribution is 2.37. The van der Waals surface area contributed by atoms with Crippen molar-refractivity contribution in [2.24, 2.45) is 11.1 Å². The topological polar surface area (TPSA) is 55.1 Å². The summed E-state index contributed by atoms with van der Waals surface area (Å²) in [6, 6.07) is 5.90. The summed E-state index contributed by atoms with van der Waals surface area (Å²) in [6.07, 6.45) is 0.921. The molecule has 1 aromatic carbocycles. The van der Waals surface area contributed by atoms with E-state index in [1.54, 1.807) is 11.8 Å². The summed E-state index contributed by atoms with van der Waals surface area (Å²) in [6.45, 7) is 4.06. The van der Waals surface area contributed by atoms with Gasteiger partial charge in [-0.15, -0.1) is 24.2 Å². The fourth-order valence-electron chi connectivity index (χ4n) is 1.96. The van der Waals surface area contributed by atoms with Gasteiger partial charge in [0.05, 0.1) is 11.5 Å². The summed E-state index contributed by atoms with van der Waals surface area (Å²) in [5.41, 5.74) is 6.22. The minimum Gasteiger partial charge on any atom is -0.349 e. The van der Waals surface area contributed by atoms with Gasteiger partial charge >= 0.3 is 0 Å². The third kappa shape index (κ3) is 3.82. The van der Waals surface area contributed by atoms with Crippen molar-refractivity contribution in [3.05, 3.63) is 28.8 Å². The van der Waals surface area contributed by atoms with E-state index in [-0.39, 0.29) is 24.4 Å². The largest absolute Gasteiger partial charge is 0.349 e. The van der Waals surface area contributed by atoms with Crippen molar-refractivity contribution >= 4 is 41.7 Å². The monoisotopic (exact) mass is 334 g/mol. The first kappa shape index (κ1) is 17.6. The third-order valence-corrected chi connectivity index (χ3v) is 4.80. The van der Waals surface area contributed by atoms with Gasteiger partial charge in [0.25, 0.3) is 0 Å². The molecule has 1 atom stereocenters. The second-order valence-corrected chi connectivity index (χ2v) is 7.01. The summed E-state index contributed by atoms with van der Waals surface area (Å²) in [5, 5.41) is 3.81. The number of thioether (sulfide) groups is 1. The molecule has 3 nitrogen and oxygen atoms in total. The Hall–Kier alpha value is -0.420. The molecule has 0 saturated heterocycles. The van der Waals surface area contributed by atoms with Gasteiger partial charge < -0.3 is 11.1 Å². The Labute approximate surface area is 135 Å². The molecule has 112 valence electrons. The molecule has 0 radical (unpaired) electrons. The molecule has 3 N–H and O–H groups in total. The van der Waals surface area contributed by atoms with Crippen LogP contribution in [-0.2, 0) is 4.79 Å². The number of carbonyl (C=O) groups excluding carboxylic acids is 1. The van der Waals surface area contributed by atoms with E-state index in [9.17, 15) is 4.79 Å². The van der Waals surface area contributed by atoms with Crippen molar-refractivity contribution < 1.29 is 4.79 Å². The molecule has 0 aromatic heterocycles. The van der Waals surface area contributed by atoms with Crippen LogP contribution >= 0.6 is 35.8 Å². The first-order chi connectivity index (χ1) is 8.94. The van der Waals surface area contributed by atoms with E-state index in [4.69, 9.17) is 17.3 Å². The molecular formula is C14H20Cl2N2OS. The van der Waals surface area contributed by atoms with E-state index in [0.717, 1.165) is 17.7 Å². The van der Waals surface area contributed by atoms with Gasteiger partial charge in [0.2, 0.25) is 5.91 Å². The number of amides is 1. The normalized spacial score (nSPS) is 17.9. The quantitative estimate of drug-likeness (QED) is 0.890. The minimum absolute atomic E-state index is 0. The highest BCUT2D eigenvalue weighted by Gasteiger charge is 2.30. The molecule has 6 heteroatoms. The molecule has 1 amide bonds. The van der Waals surface area contributed by atoms with Crippen LogP contribution in [0.2, 0.25) is 5.02 Å². The van der Waals surface area contributed by atoms with E-state index in [1.165, 1.54) is 4.90 Å². The molecule has 0 fully saturated rings. The first-order valence-electron chi connectivity index (χ1n) is 6.37. The lowest BCUT2D eigenvalue weighted by molar-refractivity contribution is -0.129. The van der Waals surface area contributed by atoms with Crippen molar-refractivity contribution in [1.29, 1.82) is 0 Å². The van der Waals surface area contributed by atoms with Crippen LogP contribution in [0.5, 0.6) is 0 Å².